The molecule has 0 atom stereocenters. The van der Waals surface area contributed by atoms with E-state index < -0.39 is 0 Å². The molecule has 0 spiro atoms. The Morgan fingerprint density at radius 1 is 1.09 bits per heavy atom. The van der Waals surface area contributed by atoms with Gasteiger partial charge in [0.25, 0.3) is 0 Å². The molecule has 1 aliphatic rings. The van der Waals surface area contributed by atoms with Gasteiger partial charge >= 0.3 is 0 Å². The van der Waals surface area contributed by atoms with Crippen LogP contribution < -0.4 is 4.90 Å². The van der Waals surface area contributed by atoms with Crippen molar-refractivity contribution in [3.63, 3.8) is 0 Å². The average molecular weight is 373 g/mol. The van der Waals surface area contributed by atoms with Crippen LogP contribution in [-0.4, -0.2) is 21.7 Å². The minimum absolute atomic E-state index is 0.871. The third-order valence-corrected chi connectivity index (χ3v) is 5.53. The summed E-state index contributed by atoms with van der Waals surface area (Å²) in [5, 5.41) is 10.5. The molecule has 22 heavy (non-hydrogen) atoms. The molecule has 6 heteroatoms. The van der Waals surface area contributed by atoms with Gasteiger partial charge in [0.1, 0.15) is 5.69 Å². The van der Waals surface area contributed by atoms with E-state index in [2.05, 4.69) is 54.2 Å². The van der Waals surface area contributed by atoms with Gasteiger partial charge in [0.2, 0.25) is 5.13 Å². The van der Waals surface area contributed by atoms with E-state index in [1.54, 1.807) is 17.5 Å². The lowest BCUT2D eigenvalue weighted by Gasteiger charge is -2.28. The topological polar surface area (TPSA) is 41.9 Å². The lowest BCUT2D eigenvalue weighted by Crippen LogP contribution is -2.30. The van der Waals surface area contributed by atoms with Crippen LogP contribution in [0.15, 0.2) is 47.1 Å². The molecule has 0 fully saturated rings. The van der Waals surface area contributed by atoms with Crippen LogP contribution in [0.1, 0.15) is 11.1 Å². The van der Waals surface area contributed by atoms with E-state index in [0.717, 1.165) is 35.3 Å². The van der Waals surface area contributed by atoms with Crippen molar-refractivity contribution in [1.29, 1.82) is 0 Å². The Balaban J connectivity index is 1.61. The summed E-state index contributed by atoms with van der Waals surface area (Å²) in [5.41, 5.74) is 3.65. The fraction of sp³-hybridized carbons (Fsp3) is 0.188. The maximum absolute atomic E-state index is 4.35. The van der Waals surface area contributed by atoms with Crippen LogP contribution in [0.4, 0.5) is 5.13 Å². The number of nitrogens with zero attached hydrogens (tertiary/aromatic N) is 4. The van der Waals surface area contributed by atoms with E-state index in [1.165, 1.54) is 15.6 Å². The second-order valence-corrected chi connectivity index (χ2v) is 6.96. The van der Waals surface area contributed by atoms with Gasteiger partial charge in [-0.2, -0.15) is 0 Å². The second-order valence-electron chi connectivity index (χ2n) is 5.15. The summed E-state index contributed by atoms with van der Waals surface area (Å²) in [4.78, 5) is 6.63. The Morgan fingerprint density at radius 2 is 2.05 bits per heavy atom. The summed E-state index contributed by atoms with van der Waals surface area (Å²) in [6, 6.07) is 12.2. The highest BCUT2D eigenvalue weighted by molar-refractivity contribution is 9.10. The molecule has 1 aromatic carbocycles. The highest BCUT2D eigenvalue weighted by Gasteiger charge is 2.21. The number of fused-ring (bicyclic) bond motifs is 1. The molecule has 0 bridgehead atoms. The van der Waals surface area contributed by atoms with Crippen molar-refractivity contribution in [3.05, 3.63) is 58.2 Å². The van der Waals surface area contributed by atoms with Crippen molar-refractivity contribution in [3.8, 4) is 10.7 Å². The number of hydrogen-bond acceptors (Lipinski definition) is 5. The summed E-state index contributed by atoms with van der Waals surface area (Å²) in [7, 11) is 0. The third-order valence-electron chi connectivity index (χ3n) is 3.78. The quantitative estimate of drug-likeness (QED) is 0.683. The molecule has 3 aromatic rings. The maximum atomic E-state index is 4.35. The Morgan fingerprint density at radius 3 is 2.91 bits per heavy atom. The lowest BCUT2D eigenvalue weighted by molar-refractivity contribution is 0.721. The Bertz CT molecular complexity index is 803. The van der Waals surface area contributed by atoms with E-state index >= 15 is 0 Å². The molecule has 1 aliphatic heterocycles. The molecule has 110 valence electrons. The van der Waals surface area contributed by atoms with Gasteiger partial charge in [-0.15, -0.1) is 10.2 Å². The van der Waals surface area contributed by atoms with E-state index in [1.807, 2.05) is 18.2 Å². The summed E-state index contributed by atoms with van der Waals surface area (Å²) in [6.07, 6.45) is 2.81. The van der Waals surface area contributed by atoms with E-state index in [-0.39, 0.29) is 0 Å². The van der Waals surface area contributed by atoms with Gasteiger partial charge < -0.3 is 4.90 Å². The molecule has 4 nitrogen and oxygen atoms in total. The monoisotopic (exact) mass is 372 g/mol. The molecule has 0 aliphatic carbocycles. The highest BCUT2D eigenvalue weighted by Crippen LogP contribution is 2.32. The minimum atomic E-state index is 0.871. The van der Waals surface area contributed by atoms with Crippen LogP contribution in [0.5, 0.6) is 0 Å². The van der Waals surface area contributed by atoms with Crippen molar-refractivity contribution in [2.45, 2.75) is 13.0 Å². The molecule has 4 rings (SSSR count). The molecule has 0 amide bonds. The van der Waals surface area contributed by atoms with Crippen molar-refractivity contribution in [2.24, 2.45) is 0 Å². The first-order valence-electron chi connectivity index (χ1n) is 7.07. The lowest BCUT2D eigenvalue weighted by atomic mass is 10.0. The normalized spacial score (nSPS) is 14.0. The summed E-state index contributed by atoms with van der Waals surface area (Å²) >= 11 is 5.24. The molecule has 0 saturated heterocycles. The Kier molecular flexibility index (Phi) is 3.63. The SMILES string of the molecule is Brc1cccc2c1CCN(c1nnc(-c3ccccn3)s1)C2. The van der Waals surface area contributed by atoms with Crippen LogP contribution in [0.25, 0.3) is 10.7 Å². The van der Waals surface area contributed by atoms with Crippen molar-refractivity contribution in [2.75, 3.05) is 11.4 Å². The van der Waals surface area contributed by atoms with Gasteiger partial charge in [-0.1, -0.05) is 45.5 Å². The number of halogens is 1. The average Bonchev–Trinajstić information content (AvgIpc) is 3.06. The highest BCUT2D eigenvalue weighted by atomic mass is 79.9. The summed E-state index contributed by atoms with van der Waals surface area (Å²) in [6.45, 7) is 1.85. The van der Waals surface area contributed by atoms with E-state index in [4.69, 9.17) is 0 Å². The summed E-state index contributed by atoms with van der Waals surface area (Å²) in [5.74, 6) is 0. The Hall–Kier alpha value is -1.79. The first-order valence-corrected chi connectivity index (χ1v) is 8.68. The smallest absolute Gasteiger partial charge is 0.208 e. The van der Waals surface area contributed by atoms with Crippen LogP contribution in [-0.2, 0) is 13.0 Å². The number of rotatable bonds is 2. The minimum Gasteiger partial charge on any atom is -0.342 e. The first kappa shape index (κ1) is 13.8. The molecule has 2 aromatic heterocycles. The molecular weight excluding hydrogens is 360 g/mol. The van der Waals surface area contributed by atoms with Crippen molar-refractivity contribution >= 4 is 32.4 Å². The van der Waals surface area contributed by atoms with Gasteiger partial charge in [-0.05, 0) is 35.7 Å². The number of benzene rings is 1. The predicted octanol–water partition coefficient (Wildman–Crippen LogP) is 3.93. The van der Waals surface area contributed by atoms with E-state index in [0.29, 0.717) is 0 Å². The van der Waals surface area contributed by atoms with Gasteiger partial charge in [0, 0.05) is 23.8 Å². The second kappa shape index (κ2) is 5.78. The largest absolute Gasteiger partial charge is 0.342 e. The first-order chi connectivity index (χ1) is 10.8. The predicted molar refractivity (Wildman–Crippen MR) is 92.0 cm³/mol. The van der Waals surface area contributed by atoms with Gasteiger partial charge in [0.15, 0.2) is 5.01 Å². The number of anilines is 1. The number of pyridine rings is 1. The summed E-state index contributed by atoms with van der Waals surface area (Å²) < 4.78 is 1.20. The molecule has 0 radical (unpaired) electrons. The maximum Gasteiger partial charge on any atom is 0.208 e. The third kappa shape index (κ3) is 2.53. The fourth-order valence-corrected chi connectivity index (χ4v) is 4.11. The van der Waals surface area contributed by atoms with Gasteiger partial charge in [0.05, 0.1) is 0 Å². The van der Waals surface area contributed by atoms with Gasteiger partial charge in [-0.3, -0.25) is 4.98 Å². The van der Waals surface area contributed by atoms with Crippen LogP contribution in [0.2, 0.25) is 0 Å². The molecule has 0 N–H and O–H groups in total. The zero-order chi connectivity index (χ0) is 14.9. The van der Waals surface area contributed by atoms with Crippen LogP contribution >= 0.6 is 27.3 Å². The fourth-order valence-electron chi connectivity index (χ4n) is 2.66. The number of hydrogen-bond donors (Lipinski definition) is 0. The standard InChI is InChI=1S/C16H13BrN4S/c17-13-5-3-4-11-10-21(9-7-12(11)13)16-20-19-15(22-16)14-6-1-2-8-18-14/h1-6,8H,7,9-10H2. The Labute approximate surface area is 141 Å². The van der Waals surface area contributed by atoms with Gasteiger partial charge in [-0.25, -0.2) is 0 Å². The molecule has 3 heterocycles. The molecular formula is C16H13BrN4S. The van der Waals surface area contributed by atoms with Crippen molar-refractivity contribution in [1.82, 2.24) is 15.2 Å². The van der Waals surface area contributed by atoms with E-state index in [9.17, 15) is 0 Å². The number of aromatic nitrogens is 3. The zero-order valence-electron chi connectivity index (χ0n) is 11.7. The van der Waals surface area contributed by atoms with Crippen molar-refractivity contribution < 1.29 is 0 Å². The molecule has 0 saturated carbocycles. The van der Waals surface area contributed by atoms with Crippen LogP contribution in [0, 0.1) is 0 Å². The zero-order valence-corrected chi connectivity index (χ0v) is 14.1. The van der Waals surface area contributed by atoms with Crippen LogP contribution in [0.3, 0.4) is 0 Å². The molecule has 0 unspecified atom stereocenters.